The second kappa shape index (κ2) is 6.00. The van der Waals surface area contributed by atoms with Crippen molar-refractivity contribution < 1.29 is 24.2 Å². The molecule has 0 amide bonds. The van der Waals surface area contributed by atoms with Gasteiger partial charge in [0.25, 0.3) is 0 Å². The van der Waals surface area contributed by atoms with Crippen LogP contribution in [0.2, 0.25) is 5.02 Å². The van der Waals surface area contributed by atoms with Crippen LogP contribution in [0.4, 0.5) is 0 Å². The maximum absolute atomic E-state index is 11.5. The maximum atomic E-state index is 11.5. The summed E-state index contributed by atoms with van der Waals surface area (Å²) < 4.78 is 4.50. The number of carboxylic acids is 1. The second-order valence-corrected chi connectivity index (χ2v) is 3.60. The lowest BCUT2D eigenvalue weighted by molar-refractivity contribution is -0.150. The molecule has 0 bridgehead atoms. The number of benzene rings is 1. The molecular weight excluding hydrogens is 248 g/mol. The molecule has 0 spiro atoms. The molecule has 1 aromatic carbocycles. The average molecular weight is 257 g/mol. The average Bonchev–Trinajstić information content (AvgIpc) is 2.26. The second-order valence-electron chi connectivity index (χ2n) is 3.16. The van der Waals surface area contributed by atoms with Crippen molar-refractivity contribution in [2.75, 3.05) is 6.61 Å². The maximum Gasteiger partial charge on any atom is 0.317 e. The number of Topliss-reactive ketones (excluding diaryl/α,β-unsaturated/α-hetero) is 1. The van der Waals surface area contributed by atoms with Gasteiger partial charge in [-0.3, -0.25) is 14.4 Å². The first kappa shape index (κ1) is 13.2. The molecule has 0 aliphatic carbocycles. The van der Waals surface area contributed by atoms with Gasteiger partial charge in [-0.05, 0) is 24.3 Å². The summed E-state index contributed by atoms with van der Waals surface area (Å²) in [7, 11) is 0. The Labute approximate surface area is 102 Å². The van der Waals surface area contributed by atoms with Crippen molar-refractivity contribution in [2.45, 2.75) is 6.42 Å². The zero-order chi connectivity index (χ0) is 12.8. The molecule has 0 atom stereocenters. The van der Waals surface area contributed by atoms with Gasteiger partial charge < -0.3 is 9.84 Å². The molecule has 0 saturated carbocycles. The van der Waals surface area contributed by atoms with Crippen molar-refractivity contribution in [3.8, 4) is 0 Å². The van der Waals surface area contributed by atoms with E-state index in [2.05, 4.69) is 4.74 Å². The Morgan fingerprint density at radius 1 is 1.18 bits per heavy atom. The molecule has 1 rings (SSSR count). The molecule has 0 aliphatic rings. The van der Waals surface area contributed by atoms with Crippen LogP contribution in [0.15, 0.2) is 24.3 Å². The van der Waals surface area contributed by atoms with E-state index in [1.54, 1.807) is 0 Å². The quantitative estimate of drug-likeness (QED) is 0.491. The van der Waals surface area contributed by atoms with E-state index >= 15 is 0 Å². The summed E-state index contributed by atoms with van der Waals surface area (Å²) in [5, 5.41) is 8.79. The zero-order valence-corrected chi connectivity index (χ0v) is 9.44. The van der Waals surface area contributed by atoms with Crippen LogP contribution in [0.5, 0.6) is 0 Å². The number of aliphatic carboxylic acids is 1. The van der Waals surface area contributed by atoms with Gasteiger partial charge in [0.1, 0.15) is 6.42 Å². The molecule has 6 heteroatoms. The molecule has 0 aliphatic heterocycles. The van der Waals surface area contributed by atoms with Crippen molar-refractivity contribution in [2.24, 2.45) is 0 Å². The fourth-order valence-electron chi connectivity index (χ4n) is 1.04. The van der Waals surface area contributed by atoms with Gasteiger partial charge in [0.05, 0.1) is 0 Å². The van der Waals surface area contributed by atoms with Crippen molar-refractivity contribution in [1.82, 2.24) is 0 Å². The molecular formula is C11H9ClO5. The minimum Gasteiger partial charge on any atom is -0.481 e. The van der Waals surface area contributed by atoms with Gasteiger partial charge in [-0.25, -0.2) is 0 Å². The highest BCUT2D eigenvalue weighted by Crippen LogP contribution is 2.10. The number of ether oxygens (including phenoxy) is 1. The van der Waals surface area contributed by atoms with E-state index < -0.39 is 30.7 Å². The van der Waals surface area contributed by atoms with Crippen LogP contribution in [0, 0.1) is 0 Å². The number of carbonyl (C=O) groups is 3. The molecule has 17 heavy (non-hydrogen) atoms. The van der Waals surface area contributed by atoms with Crippen molar-refractivity contribution >= 4 is 29.3 Å². The van der Waals surface area contributed by atoms with E-state index in [0.717, 1.165) is 0 Å². The van der Waals surface area contributed by atoms with E-state index in [9.17, 15) is 14.4 Å². The topological polar surface area (TPSA) is 80.7 Å². The van der Waals surface area contributed by atoms with Gasteiger partial charge >= 0.3 is 11.9 Å². The molecule has 1 N–H and O–H groups in total. The van der Waals surface area contributed by atoms with E-state index in [1.807, 2.05) is 0 Å². The Balaban J connectivity index is 2.47. The van der Waals surface area contributed by atoms with Crippen molar-refractivity contribution in [1.29, 1.82) is 0 Å². The molecule has 90 valence electrons. The first-order valence-corrected chi connectivity index (χ1v) is 5.03. The monoisotopic (exact) mass is 256 g/mol. The summed E-state index contributed by atoms with van der Waals surface area (Å²) in [6.45, 7) is -0.478. The molecule has 0 heterocycles. The Kier molecular flexibility index (Phi) is 4.66. The molecule has 5 nitrogen and oxygen atoms in total. The van der Waals surface area contributed by atoms with Crippen LogP contribution in [0.25, 0.3) is 0 Å². The molecule has 0 saturated heterocycles. The highest BCUT2D eigenvalue weighted by Gasteiger charge is 2.12. The first-order chi connectivity index (χ1) is 7.99. The smallest absolute Gasteiger partial charge is 0.317 e. The molecule has 1 aromatic rings. The van der Waals surface area contributed by atoms with Crippen LogP contribution in [-0.2, 0) is 14.3 Å². The summed E-state index contributed by atoms with van der Waals surface area (Å²) in [6.07, 6.45) is -0.756. The van der Waals surface area contributed by atoms with Gasteiger partial charge in [0.2, 0.25) is 0 Å². The van der Waals surface area contributed by atoms with Crippen LogP contribution in [-0.4, -0.2) is 29.4 Å². The molecule has 0 aromatic heterocycles. The van der Waals surface area contributed by atoms with Crippen molar-refractivity contribution in [3.63, 3.8) is 0 Å². The standard InChI is InChI=1S/C11H9ClO5/c12-8-3-1-7(2-4-8)9(13)6-17-11(16)5-10(14)15/h1-4H,5-6H2,(H,14,15). The van der Waals surface area contributed by atoms with Crippen LogP contribution in [0.1, 0.15) is 16.8 Å². The molecule has 0 radical (unpaired) electrons. The van der Waals surface area contributed by atoms with Crippen molar-refractivity contribution in [3.05, 3.63) is 34.9 Å². The lowest BCUT2D eigenvalue weighted by atomic mass is 10.1. The number of rotatable bonds is 5. The third kappa shape index (κ3) is 4.65. The highest BCUT2D eigenvalue weighted by atomic mass is 35.5. The summed E-state index contributed by atoms with van der Waals surface area (Å²) >= 11 is 5.64. The number of halogens is 1. The summed E-state index contributed by atoms with van der Waals surface area (Å²) in [4.78, 5) is 32.5. The van der Waals surface area contributed by atoms with Gasteiger partial charge in [0.15, 0.2) is 12.4 Å². The Hall–Kier alpha value is -1.88. The number of hydrogen-bond donors (Lipinski definition) is 1. The fourth-order valence-corrected chi connectivity index (χ4v) is 1.17. The summed E-state index contributed by atoms with van der Waals surface area (Å²) in [5.74, 6) is -2.66. The number of esters is 1. The predicted octanol–water partition coefficient (Wildman–Crippen LogP) is 1.54. The lowest BCUT2D eigenvalue weighted by Gasteiger charge is -2.02. The summed E-state index contributed by atoms with van der Waals surface area (Å²) in [5.41, 5.74) is 0.345. The van der Waals surface area contributed by atoms with Crippen LogP contribution in [0.3, 0.4) is 0 Å². The Morgan fingerprint density at radius 3 is 2.29 bits per heavy atom. The number of carbonyl (C=O) groups excluding carboxylic acids is 2. The first-order valence-electron chi connectivity index (χ1n) is 4.65. The van der Waals surface area contributed by atoms with Gasteiger partial charge in [0, 0.05) is 10.6 Å². The van der Waals surface area contributed by atoms with Crippen LogP contribution < -0.4 is 0 Å². The predicted molar refractivity (Wildman–Crippen MR) is 59.0 cm³/mol. The third-order valence-electron chi connectivity index (χ3n) is 1.83. The fraction of sp³-hybridized carbons (Fsp3) is 0.182. The Morgan fingerprint density at radius 2 is 1.76 bits per heavy atom. The van der Waals surface area contributed by atoms with E-state index in [4.69, 9.17) is 16.7 Å². The largest absolute Gasteiger partial charge is 0.481 e. The summed E-state index contributed by atoms with van der Waals surface area (Å²) in [6, 6.07) is 6.06. The minimum atomic E-state index is -1.30. The lowest BCUT2D eigenvalue weighted by Crippen LogP contribution is -2.16. The molecule has 0 fully saturated rings. The third-order valence-corrected chi connectivity index (χ3v) is 2.08. The van der Waals surface area contributed by atoms with E-state index in [0.29, 0.717) is 10.6 Å². The highest BCUT2D eigenvalue weighted by molar-refractivity contribution is 6.30. The minimum absolute atomic E-state index is 0.345. The number of carboxylic acid groups (broad SMARTS) is 1. The van der Waals surface area contributed by atoms with E-state index in [1.165, 1.54) is 24.3 Å². The SMILES string of the molecule is O=C(O)CC(=O)OCC(=O)c1ccc(Cl)cc1. The zero-order valence-electron chi connectivity index (χ0n) is 8.68. The van der Waals surface area contributed by atoms with Gasteiger partial charge in [-0.1, -0.05) is 11.6 Å². The number of hydrogen-bond acceptors (Lipinski definition) is 4. The molecule has 0 unspecified atom stereocenters. The van der Waals surface area contributed by atoms with E-state index in [-0.39, 0.29) is 0 Å². The van der Waals surface area contributed by atoms with Gasteiger partial charge in [-0.2, -0.15) is 0 Å². The number of ketones is 1. The Bertz CT molecular complexity index is 438. The van der Waals surface area contributed by atoms with Gasteiger partial charge in [-0.15, -0.1) is 0 Å². The van der Waals surface area contributed by atoms with Crippen LogP contribution >= 0.6 is 11.6 Å². The normalized spacial score (nSPS) is 9.71.